The Balaban J connectivity index is 0.000000408. The summed E-state index contributed by atoms with van der Waals surface area (Å²) in [6, 6.07) is 4.31. The predicted molar refractivity (Wildman–Crippen MR) is 154 cm³/mol. The van der Waals surface area contributed by atoms with Gasteiger partial charge in [-0.3, -0.25) is 9.78 Å². The Morgan fingerprint density at radius 3 is 2.38 bits per heavy atom. The van der Waals surface area contributed by atoms with Crippen molar-refractivity contribution in [1.29, 1.82) is 0 Å². The summed E-state index contributed by atoms with van der Waals surface area (Å²) in [4.78, 5) is 30.3. The molecule has 2 heterocycles. The first-order valence-electron chi connectivity index (χ1n) is 14.0. The van der Waals surface area contributed by atoms with Crippen molar-refractivity contribution in [2.45, 2.75) is 88.4 Å². The molecule has 228 valence electrons. The number of hydrogen-bond acceptors (Lipinski definition) is 6. The maximum atomic E-state index is 15.0. The Bertz CT molecular complexity index is 1220. The van der Waals surface area contributed by atoms with Crippen LogP contribution >= 0.6 is 0 Å². The molecule has 1 aromatic heterocycles. The van der Waals surface area contributed by atoms with Gasteiger partial charge in [0.1, 0.15) is 24.0 Å². The minimum absolute atomic E-state index is 0.125. The van der Waals surface area contributed by atoms with Crippen LogP contribution in [-0.4, -0.2) is 74.8 Å². The van der Waals surface area contributed by atoms with Gasteiger partial charge in [0.2, 0.25) is 11.8 Å². The molecule has 12 heteroatoms. The number of benzene rings is 1. The van der Waals surface area contributed by atoms with E-state index >= 15 is 4.39 Å². The van der Waals surface area contributed by atoms with E-state index in [0.29, 0.717) is 6.54 Å². The third-order valence-corrected chi connectivity index (χ3v) is 7.77. The van der Waals surface area contributed by atoms with Crippen LogP contribution in [0.5, 0.6) is 0 Å². The van der Waals surface area contributed by atoms with E-state index < -0.39 is 35.5 Å². The van der Waals surface area contributed by atoms with Gasteiger partial charge in [-0.2, -0.15) is 0 Å². The van der Waals surface area contributed by atoms with Crippen molar-refractivity contribution in [2.24, 2.45) is 0 Å². The fourth-order valence-corrected chi connectivity index (χ4v) is 5.15. The number of amides is 1. The summed E-state index contributed by atoms with van der Waals surface area (Å²) >= 11 is 0. The van der Waals surface area contributed by atoms with E-state index in [-0.39, 0.29) is 54.5 Å². The average Bonchev–Trinajstić information content (AvgIpc) is 3.29. The number of nitrogens with zero attached hydrogens (tertiary/aromatic N) is 3. The van der Waals surface area contributed by atoms with E-state index in [0.717, 1.165) is 24.5 Å². The normalized spacial score (nSPS) is 21.6. The summed E-state index contributed by atoms with van der Waals surface area (Å²) in [6.07, 6.45) is 3.75. The highest BCUT2D eigenvalue weighted by Gasteiger charge is 2.37. The van der Waals surface area contributed by atoms with E-state index in [2.05, 4.69) is 10.3 Å². The van der Waals surface area contributed by atoms with Crippen molar-refractivity contribution < 1.29 is 31.9 Å². The molecule has 0 spiro atoms. The topological polar surface area (TPSA) is 74.8 Å². The summed E-state index contributed by atoms with van der Waals surface area (Å²) < 4.78 is 60.9. The SMILES string of the molecule is CN(c1ccc(C(C)(C)C)cc1F)C(C(=O)NC1CCC(F)(F)CC1)c1cncc(F)c1.[B]N1CC(OC)CC1C=O. The molecular formula is C30H39BF4N4O3. The highest BCUT2D eigenvalue weighted by Crippen LogP contribution is 2.35. The second-order valence-corrected chi connectivity index (χ2v) is 12.0. The molecule has 1 saturated carbocycles. The molecule has 1 aliphatic carbocycles. The molecule has 2 radical (unpaired) electrons. The monoisotopic (exact) mass is 590 g/mol. The maximum absolute atomic E-state index is 15.0. The van der Waals surface area contributed by atoms with E-state index in [9.17, 15) is 22.8 Å². The van der Waals surface area contributed by atoms with Gasteiger partial charge < -0.3 is 24.6 Å². The molecule has 3 atom stereocenters. The molecule has 42 heavy (non-hydrogen) atoms. The van der Waals surface area contributed by atoms with Crippen LogP contribution in [0.3, 0.4) is 0 Å². The van der Waals surface area contributed by atoms with Crippen LogP contribution in [0.15, 0.2) is 36.7 Å². The number of carbonyl (C=O) groups excluding carboxylic acids is 2. The third kappa shape index (κ3) is 8.76. The highest BCUT2D eigenvalue weighted by molar-refractivity contribution is 6.06. The molecule has 0 bridgehead atoms. The number of aldehydes is 1. The van der Waals surface area contributed by atoms with Crippen LogP contribution in [-0.2, 0) is 19.7 Å². The Hall–Kier alpha value is -2.99. The predicted octanol–water partition coefficient (Wildman–Crippen LogP) is 4.89. The van der Waals surface area contributed by atoms with Crippen LogP contribution in [0.1, 0.15) is 70.0 Å². The van der Waals surface area contributed by atoms with E-state index in [1.54, 1.807) is 26.3 Å². The number of hydrogen-bond donors (Lipinski definition) is 1. The van der Waals surface area contributed by atoms with Gasteiger partial charge in [-0.05, 0) is 48.4 Å². The van der Waals surface area contributed by atoms with Gasteiger partial charge >= 0.3 is 0 Å². The number of pyridine rings is 1. The first-order valence-corrected chi connectivity index (χ1v) is 14.0. The zero-order chi connectivity index (χ0) is 31.2. The summed E-state index contributed by atoms with van der Waals surface area (Å²) in [5.41, 5.74) is 0.941. The van der Waals surface area contributed by atoms with Crippen molar-refractivity contribution in [3.63, 3.8) is 0 Å². The van der Waals surface area contributed by atoms with E-state index in [4.69, 9.17) is 12.7 Å². The van der Waals surface area contributed by atoms with Crippen molar-refractivity contribution in [3.05, 3.63) is 59.4 Å². The van der Waals surface area contributed by atoms with Crippen LogP contribution in [0.4, 0.5) is 23.2 Å². The first kappa shape index (κ1) is 33.5. The first-order chi connectivity index (χ1) is 19.6. The van der Waals surface area contributed by atoms with Gasteiger partial charge in [0.25, 0.3) is 0 Å². The Labute approximate surface area is 246 Å². The lowest BCUT2D eigenvalue weighted by molar-refractivity contribution is -0.124. The molecule has 2 aromatic rings. The van der Waals surface area contributed by atoms with Gasteiger partial charge in [0.15, 0.2) is 7.98 Å². The van der Waals surface area contributed by atoms with Crippen molar-refractivity contribution in [2.75, 3.05) is 25.6 Å². The second-order valence-electron chi connectivity index (χ2n) is 12.0. The molecule has 4 rings (SSSR count). The summed E-state index contributed by atoms with van der Waals surface area (Å²) in [7, 11) is 8.65. The largest absolute Gasteiger partial charge is 0.380 e. The molecule has 2 fully saturated rings. The average molecular weight is 590 g/mol. The lowest BCUT2D eigenvalue weighted by atomic mass is 9.87. The lowest BCUT2D eigenvalue weighted by Crippen LogP contribution is -2.46. The number of alkyl halides is 2. The van der Waals surface area contributed by atoms with Gasteiger partial charge in [-0.15, -0.1) is 0 Å². The second kappa shape index (κ2) is 14.0. The standard InChI is InChI=1S/C24H29F4N3O.C6H10BNO2/c1-23(2,3)16-5-6-20(19(26)12-16)31(4)21(15-11-17(25)14-29-13-15)22(32)30-18-7-9-24(27,28)10-8-18;1-10-6-2-5(4-9)8(7)3-6/h5-6,11-14,18,21H,7-10H2,1-4H3,(H,30,32);4-6H,2-3H2,1H3. The van der Waals surface area contributed by atoms with E-state index in [1.165, 1.54) is 28.0 Å². The lowest BCUT2D eigenvalue weighted by Gasteiger charge is -2.33. The molecule has 1 aromatic carbocycles. The number of rotatable bonds is 7. The van der Waals surface area contributed by atoms with Crippen LogP contribution in [0.25, 0.3) is 0 Å². The number of methoxy groups -OCH3 is 1. The molecule has 1 saturated heterocycles. The van der Waals surface area contributed by atoms with Crippen LogP contribution < -0.4 is 10.2 Å². The molecule has 1 N–H and O–H groups in total. The Morgan fingerprint density at radius 2 is 1.88 bits per heavy atom. The number of nitrogens with one attached hydrogen (secondary N) is 1. The van der Waals surface area contributed by atoms with Crippen molar-refractivity contribution >= 4 is 25.9 Å². The zero-order valence-electron chi connectivity index (χ0n) is 24.7. The Kier molecular flexibility index (Phi) is 11.2. The number of ether oxygens (including phenoxy) is 1. The number of likely N-dealkylation sites (N-methyl/N-ethyl adjacent to an activating group) is 1. The fraction of sp³-hybridized carbons (Fsp3) is 0.567. The van der Waals surface area contributed by atoms with Gasteiger partial charge in [0.05, 0.1) is 24.0 Å². The molecule has 1 aliphatic heterocycles. The van der Waals surface area contributed by atoms with Crippen LogP contribution in [0.2, 0.25) is 0 Å². The van der Waals surface area contributed by atoms with Gasteiger partial charge in [-0.25, -0.2) is 17.6 Å². The summed E-state index contributed by atoms with van der Waals surface area (Å²) in [5.74, 6) is -4.38. The molecule has 7 nitrogen and oxygen atoms in total. The number of aromatic nitrogens is 1. The molecular weight excluding hydrogens is 551 g/mol. The maximum Gasteiger partial charge on any atom is 0.248 e. The van der Waals surface area contributed by atoms with Crippen molar-refractivity contribution in [3.8, 4) is 0 Å². The minimum atomic E-state index is -2.72. The number of anilines is 1. The summed E-state index contributed by atoms with van der Waals surface area (Å²) in [6.45, 7) is 6.55. The minimum Gasteiger partial charge on any atom is -0.380 e. The van der Waals surface area contributed by atoms with E-state index in [1.807, 2.05) is 20.8 Å². The highest BCUT2D eigenvalue weighted by atomic mass is 19.3. The zero-order valence-corrected chi connectivity index (χ0v) is 24.7. The third-order valence-electron chi connectivity index (χ3n) is 7.77. The Morgan fingerprint density at radius 1 is 1.21 bits per heavy atom. The van der Waals surface area contributed by atoms with Crippen molar-refractivity contribution in [1.82, 2.24) is 15.1 Å². The summed E-state index contributed by atoms with van der Waals surface area (Å²) in [5, 5.41) is 2.79. The van der Waals surface area contributed by atoms with Gasteiger partial charge in [0, 0.05) is 51.3 Å². The number of halogens is 4. The van der Waals surface area contributed by atoms with Crippen LogP contribution in [0, 0.1) is 11.6 Å². The molecule has 3 unspecified atom stereocenters. The van der Waals surface area contributed by atoms with Gasteiger partial charge in [-0.1, -0.05) is 26.8 Å². The molecule has 2 aliphatic rings. The number of carbonyl (C=O) groups is 2. The quantitative estimate of drug-likeness (QED) is 0.282. The molecule has 1 amide bonds. The smallest absolute Gasteiger partial charge is 0.248 e. The fourth-order valence-electron chi connectivity index (χ4n) is 5.15.